The van der Waals surface area contributed by atoms with Crippen LogP contribution >= 0.6 is 0 Å². The van der Waals surface area contributed by atoms with Crippen molar-refractivity contribution in [2.45, 2.75) is 32.4 Å². The van der Waals surface area contributed by atoms with Gasteiger partial charge in [0, 0.05) is 45.2 Å². The summed E-state index contributed by atoms with van der Waals surface area (Å²) in [6, 6.07) is 10.5. The summed E-state index contributed by atoms with van der Waals surface area (Å²) >= 11 is 0. The van der Waals surface area contributed by atoms with E-state index >= 15 is 0 Å². The van der Waals surface area contributed by atoms with E-state index in [2.05, 4.69) is 39.8 Å². The molecule has 1 atom stereocenters. The van der Waals surface area contributed by atoms with Crippen LogP contribution in [0.4, 0.5) is 0 Å². The number of piperazine rings is 1. The number of β-amino-alcohol motifs (C(OH)–C–C–N with tert-alkyl or cyclic N) is 1. The maximum Gasteiger partial charge on any atom is 0.119 e. The lowest BCUT2D eigenvalue weighted by Gasteiger charge is -2.34. The number of likely N-dealkylation sites (tertiary alicyclic amines) is 1. The van der Waals surface area contributed by atoms with Crippen LogP contribution < -0.4 is 4.74 Å². The number of ether oxygens (including phenoxy) is 1. The summed E-state index contributed by atoms with van der Waals surface area (Å²) in [5.41, 5.74) is 1.22. The Morgan fingerprint density at radius 2 is 1.82 bits per heavy atom. The van der Waals surface area contributed by atoms with Crippen LogP contribution in [0.15, 0.2) is 24.3 Å². The van der Waals surface area contributed by atoms with Crippen molar-refractivity contribution in [3.05, 3.63) is 29.8 Å². The highest BCUT2D eigenvalue weighted by Crippen LogP contribution is 2.20. The zero-order valence-corrected chi connectivity index (χ0v) is 17.1. The van der Waals surface area contributed by atoms with E-state index in [-0.39, 0.29) is 5.92 Å². The molecular weight excluding hydrogens is 352 g/mol. The molecule has 28 heavy (non-hydrogen) atoms. The first-order chi connectivity index (χ1) is 13.7. The third kappa shape index (κ3) is 6.46. The van der Waals surface area contributed by atoms with Gasteiger partial charge in [0.25, 0.3) is 0 Å². The average molecular weight is 387 g/mol. The molecule has 2 heterocycles. The maximum absolute atomic E-state index is 10.3. The molecule has 0 aromatic heterocycles. The largest absolute Gasteiger partial charge is 0.491 e. The second-order valence-electron chi connectivity index (χ2n) is 8.03. The molecule has 1 aromatic carbocycles. The van der Waals surface area contributed by atoms with Crippen LogP contribution in [0, 0.1) is 17.2 Å². The predicted molar refractivity (Wildman–Crippen MR) is 110 cm³/mol. The van der Waals surface area contributed by atoms with Gasteiger partial charge in [0.05, 0.1) is 6.07 Å². The lowest BCUT2D eigenvalue weighted by molar-refractivity contribution is 0.0470. The van der Waals surface area contributed by atoms with Crippen LogP contribution in [0.1, 0.15) is 25.3 Å². The molecule has 154 valence electrons. The van der Waals surface area contributed by atoms with Gasteiger partial charge in [0.1, 0.15) is 18.5 Å². The Bertz CT molecular complexity index is 632. The first-order valence-corrected chi connectivity index (χ1v) is 10.6. The second kappa shape index (κ2) is 10.8. The van der Waals surface area contributed by atoms with E-state index in [1.165, 1.54) is 5.56 Å². The molecule has 0 aliphatic carbocycles. The van der Waals surface area contributed by atoms with Crippen molar-refractivity contribution in [3.63, 3.8) is 0 Å². The Labute approximate surface area is 169 Å². The highest BCUT2D eigenvalue weighted by molar-refractivity contribution is 5.28. The summed E-state index contributed by atoms with van der Waals surface area (Å²) in [5.74, 6) is 1.04. The van der Waals surface area contributed by atoms with E-state index in [1.807, 2.05) is 12.1 Å². The van der Waals surface area contributed by atoms with Gasteiger partial charge in [-0.15, -0.1) is 0 Å². The topological polar surface area (TPSA) is 63.0 Å². The van der Waals surface area contributed by atoms with Crippen molar-refractivity contribution in [2.24, 2.45) is 5.92 Å². The predicted octanol–water partition coefficient (Wildman–Crippen LogP) is 1.80. The van der Waals surface area contributed by atoms with Crippen molar-refractivity contribution in [1.82, 2.24) is 14.7 Å². The highest BCUT2D eigenvalue weighted by Gasteiger charge is 2.20. The van der Waals surface area contributed by atoms with Crippen LogP contribution in [0.5, 0.6) is 5.75 Å². The van der Waals surface area contributed by atoms with Crippen LogP contribution in [0.3, 0.4) is 0 Å². The number of likely N-dealkylation sites (N-methyl/N-ethyl adjacent to an activating group) is 1. The number of hydrogen-bond donors (Lipinski definition) is 1. The molecule has 0 spiro atoms. The average Bonchev–Trinajstić information content (AvgIpc) is 2.74. The molecule has 2 aliphatic heterocycles. The maximum atomic E-state index is 10.3. The van der Waals surface area contributed by atoms with Gasteiger partial charge in [-0.3, -0.25) is 9.80 Å². The molecule has 6 nitrogen and oxygen atoms in total. The molecular formula is C22H34N4O2. The quantitative estimate of drug-likeness (QED) is 0.735. The van der Waals surface area contributed by atoms with E-state index in [0.29, 0.717) is 13.2 Å². The molecule has 1 aromatic rings. The summed E-state index contributed by atoms with van der Waals surface area (Å²) < 4.78 is 5.87. The number of piperidine rings is 1. The Morgan fingerprint density at radius 1 is 1.11 bits per heavy atom. The normalized spacial score (nSPS) is 21.3. The summed E-state index contributed by atoms with van der Waals surface area (Å²) in [6.07, 6.45) is 1.46. The van der Waals surface area contributed by atoms with Crippen molar-refractivity contribution in [2.75, 3.05) is 59.0 Å². The van der Waals surface area contributed by atoms with Gasteiger partial charge < -0.3 is 14.7 Å². The number of nitriles is 1. The molecule has 2 saturated heterocycles. The van der Waals surface area contributed by atoms with Crippen LogP contribution in [0.25, 0.3) is 0 Å². The van der Waals surface area contributed by atoms with Gasteiger partial charge in [-0.25, -0.2) is 0 Å². The Kier molecular flexibility index (Phi) is 8.11. The van der Waals surface area contributed by atoms with Crippen molar-refractivity contribution < 1.29 is 9.84 Å². The second-order valence-corrected chi connectivity index (χ2v) is 8.03. The molecule has 3 rings (SSSR count). The van der Waals surface area contributed by atoms with Crippen LogP contribution in [0.2, 0.25) is 0 Å². The minimum atomic E-state index is -0.471. The number of aliphatic hydroxyl groups excluding tert-OH is 1. The molecule has 6 heteroatoms. The fraction of sp³-hybridized carbons (Fsp3) is 0.682. The summed E-state index contributed by atoms with van der Waals surface area (Å²) in [6.45, 7) is 11.3. The van der Waals surface area contributed by atoms with E-state index in [1.54, 1.807) is 0 Å². The standard InChI is InChI=1S/C22H34N4O2/c1-2-24-10-12-26(13-11-24)17-21(27)18-28-22-5-3-4-20(14-22)16-25-8-6-19(15-23)7-9-25/h3-5,14,19,21,27H,2,6-13,16-18H2,1H3. The molecule has 1 unspecified atom stereocenters. The van der Waals surface area contributed by atoms with Gasteiger partial charge in [0.2, 0.25) is 0 Å². The first-order valence-electron chi connectivity index (χ1n) is 10.6. The van der Waals surface area contributed by atoms with Crippen molar-refractivity contribution in [1.29, 1.82) is 5.26 Å². The smallest absolute Gasteiger partial charge is 0.119 e. The van der Waals surface area contributed by atoms with E-state index in [4.69, 9.17) is 10.00 Å². The van der Waals surface area contributed by atoms with Gasteiger partial charge >= 0.3 is 0 Å². The van der Waals surface area contributed by atoms with E-state index < -0.39 is 6.10 Å². The Hall–Kier alpha value is -1.65. The summed E-state index contributed by atoms with van der Waals surface area (Å²) in [5, 5.41) is 19.4. The Morgan fingerprint density at radius 3 is 2.50 bits per heavy atom. The highest BCUT2D eigenvalue weighted by atomic mass is 16.5. The minimum Gasteiger partial charge on any atom is -0.491 e. The monoisotopic (exact) mass is 386 g/mol. The molecule has 0 bridgehead atoms. The van der Waals surface area contributed by atoms with Gasteiger partial charge in [-0.1, -0.05) is 19.1 Å². The minimum absolute atomic E-state index is 0.220. The van der Waals surface area contributed by atoms with Gasteiger partial charge in [0.15, 0.2) is 0 Å². The fourth-order valence-electron chi connectivity index (χ4n) is 4.04. The fourth-order valence-corrected chi connectivity index (χ4v) is 4.04. The SMILES string of the molecule is CCN1CCN(CC(O)COc2cccc(CN3CCC(C#N)CC3)c2)CC1. The molecule has 1 N–H and O–H groups in total. The van der Waals surface area contributed by atoms with Crippen LogP contribution in [-0.2, 0) is 6.54 Å². The van der Waals surface area contributed by atoms with Crippen molar-refractivity contribution >= 4 is 0 Å². The number of hydrogen-bond acceptors (Lipinski definition) is 6. The zero-order valence-electron chi connectivity index (χ0n) is 17.1. The van der Waals surface area contributed by atoms with Gasteiger partial charge in [-0.05, 0) is 50.2 Å². The van der Waals surface area contributed by atoms with E-state index in [9.17, 15) is 5.11 Å². The summed E-state index contributed by atoms with van der Waals surface area (Å²) in [4.78, 5) is 7.16. The lowest BCUT2D eigenvalue weighted by atomic mass is 9.98. The summed E-state index contributed by atoms with van der Waals surface area (Å²) in [7, 11) is 0. The molecule has 0 saturated carbocycles. The third-order valence-electron chi connectivity index (χ3n) is 5.90. The van der Waals surface area contributed by atoms with Crippen molar-refractivity contribution in [3.8, 4) is 11.8 Å². The number of rotatable bonds is 8. The zero-order chi connectivity index (χ0) is 19.8. The van der Waals surface area contributed by atoms with Gasteiger partial charge in [-0.2, -0.15) is 5.26 Å². The molecule has 0 amide bonds. The lowest BCUT2D eigenvalue weighted by Crippen LogP contribution is -2.49. The molecule has 2 fully saturated rings. The number of nitrogens with zero attached hydrogens (tertiary/aromatic N) is 4. The number of aliphatic hydroxyl groups is 1. The van der Waals surface area contributed by atoms with E-state index in [0.717, 1.165) is 70.9 Å². The molecule has 2 aliphatic rings. The molecule has 0 radical (unpaired) electrons. The third-order valence-corrected chi connectivity index (χ3v) is 5.90. The first kappa shape index (κ1) is 21.1. The van der Waals surface area contributed by atoms with Crippen LogP contribution in [-0.4, -0.2) is 84.9 Å². The Balaban J connectivity index is 1.40. The number of benzene rings is 1.